The van der Waals surface area contributed by atoms with Crippen LogP contribution in [0.25, 0.3) is 15.6 Å². The van der Waals surface area contributed by atoms with Gasteiger partial charge >= 0.3 is 0 Å². The largest absolute Gasteiger partial charge is 0.502 e. The lowest BCUT2D eigenvalue weighted by molar-refractivity contribution is 0.244. The summed E-state index contributed by atoms with van der Waals surface area (Å²) in [6, 6.07) is 5.38. The Balaban J connectivity index is 2.67. The first-order chi connectivity index (χ1) is 8.11. The normalized spacial score (nSPS) is 10.5. The van der Waals surface area contributed by atoms with Gasteiger partial charge in [-0.25, -0.2) is 9.83 Å². The third-order valence-electron chi connectivity index (χ3n) is 2.28. The van der Waals surface area contributed by atoms with Crippen LogP contribution in [0.15, 0.2) is 24.4 Å². The molecule has 0 fully saturated rings. The number of ether oxygens (including phenoxy) is 1. The summed E-state index contributed by atoms with van der Waals surface area (Å²) >= 11 is 6.02. The number of pyridine rings is 1. The zero-order chi connectivity index (χ0) is 12.4. The molecule has 0 radical (unpaired) electrons. The molecule has 0 spiro atoms. The van der Waals surface area contributed by atoms with Gasteiger partial charge in [-0.2, -0.15) is 0 Å². The number of halogens is 1. The number of rotatable bonds is 2. The van der Waals surface area contributed by atoms with Crippen molar-refractivity contribution in [1.82, 2.24) is 4.98 Å². The van der Waals surface area contributed by atoms with Gasteiger partial charge in [0.05, 0.1) is 12.7 Å². The third-order valence-corrected chi connectivity index (χ3v) is 2.58. The monoisotopic (exact) mass is 246 g/mol. The van der Waals surface area contributed by atoms with Crippen LogP contribution in [0.1, 0.15) is 13.8 Å². The molecule has 0 unspecified atom stereocenters. The Morgan fingerprint density at radius 1 is 1.41 bits per heavy atom. The zero-order valence-corrected chi connectivity index (χ0v) is 10.3. The molecule has 2 aromatic rings. The fraction of sp³-hybridized carbons (Fsp3) is 0.231. The van der Waals surface area contributed by atoms with E-state index >= 15 is 0 Å². The number of fused-ring (bicyclic) bond motifs is 1. The van der Waals surface area contributed by atoms with E-state index in [-0.39, 0.29) is 6.10 Å². The Morgan fingerprint density at radius 2 is 2.18 bits per heavy atom. The molecular formula is C13H11ClN2O. The minimum Gasteiger partial charge on any atom is -0.502 e. The van der Waals surface area contributed by atoms with Gasteiger partial charge in [-0.3, -0.25) is 0 Å². The molecule has 2 rings (SSSR count). The summed E-state index contributed by atoms with van der Waals surface area (Å²) < 4.78 is 5.60. The van der Waals surface area contributed by atoms with Gasteiger partial charge in [0, 0.05) is 11.6 Å². The molecule has 3 nitrogen and oxygen atoms in total. The summed E-state index contributed by atoms with van der Waals surface area (Å²) in [5.41, 5.74) is 0.494. The van der Waals surface area contributed by atoms with Crippen molar-refractivity contribution in [2.24, 2.45) is 0 Å². The predicted molar refractivity (Wildman–Crippen MR) is 68.8 cm³/mol. The van der Waals surface area contributed by atoms with Crippen LogP contribution in [-0.2, 0) is 0 Å². The van der Waals surface area contributed by atoms with Crippen molar-refractivity contribution in [2.75, 3.05) is 0 Å². The van der Waals surface area contributed by atoms with Gasteiger partial charge in [-0.15, -0.1) is 0 Å². The van der Waals surface area contributed by atoms with E-state index in [1.54, 1.807) is 18.3 Å². The van der Waals surface area contributed by atoms with Crippen LogP contribution in [0.4, 0.5) is 5.69 Å². The highest BCUT2D eigenvalue weighted by Gasteiger charge is 2.10. The van der Waals surface area contributed by atoms with Gasteiger partial charge in [0.25, 0.3) is 0 Å². The van der Waals surface area contributed by atoms with E-state index in [0.29, 0.717) is 16.6 Å². The molecule has 0 aliphatic rings. The van der Waals surface area contributed by atoms with Gasteiger partial charge in [-0.05, 0) is 37.4 Å². The fourth-order valence-corrected chi connectivity index (χ4v) is 1.81. The number of hydrogen-bond acceptors (Lipinski definition) is 2. The Morgan fingerprint density at radius 3 is 2.82 bits per heavy atom. The Kier molecular flexibility index (Phi) is 3.16. The van der Waals surface area contributed by atoms with Gasteiger partial charge in [-0.1, -0.05) is 11.6 Å². The van der Waals surface area contributed by atoms with Crippen LogP contribution >= 0.6 is 11.6 Å². The molecule has 4 heteroatoms. The average Bonchev–Trinajstić information content (AvgIpc) is 2.29. The molecule has 0 saturated carbocycles. The number of benzene rings is 1. The molecule has 0 aliphatic heterocycles. The Bertz CT molecular complexity index is 602. The van der Waals surface area contributed by atoms with E-state index in [4.69, 9.17) is 22.9 Å². The van der Waals surface area contributed by atoms with Crippen molar-refractivity contribution in [2.45, 2.75) is 20.0 Å². The van der Waals surface area contributed by atoms with Gasteiger partial charge in [0.2, 0.25) is 5.69 Å². The van der Waals surface area contributed by atoms with Crippen molar-refractivity contribution in [3.05, 3.63) is 41.0 Å². The molecule has 0 atom stereocenters. The van der Waals surface area contributed by atoms with E-state index in [1.807, 2.05) is 19.9 Å². The highest BCUT2D eigenvalue weighted by atomic mass is 35.5. The first kappa shape index (κ1) is 11.7. The van der Waals surface area contributed by atoms with Crippen molar-refractivity contribution in [1.29, 1.82) is 0 Å². The molecule has 0 saturated heterocycles. The maximum Gasteiger partial charge on any atom is 0.228 e. The number of hydrogen-bond donors (Lipinski definition) is 0. The smallest absolute Gasteiger partial charge is 0.228 e. The van der Waals surface area contributed by atoms with Crippen LogP contribution < -0.4 is 4.74 Å². The second-order valence-corrected chi connectivity index (χ2v) is 4.28. The second kappa shape index (κ2) is 4.60. The molecule has 1 heterocycles. The number of aromatic nitrogens is 1. The van der Waals surface area contributed by atoms with Gasteiger partial charge in [0.15, 0.2) is 0 Å². The lowest BCUT2D eigenvalue weighted by atomic mass is 10.1. The molecule has 0 amide bonds. The van der Waals surface area contributed by atoms with Crippen LogP contribution in [0.2, 0.25) is 5.15 Å². The van der Waals surface area contributed by atoms with Gasteiger partial charge in [0.1, 0.15) is 10.9 Å². The summed E-state index contributed by atoms with van der Waals surface area (Å²) in [4.78, 5) is 7.48. The van der Waals surface area contributed by atoms with Crippen molar-refractivity contribution in [3.8, 4) is 5.75 Å². The zero-order valence-electron chi connectivity index (χ0n) is 9.57. The topological polar surface area (TPSA) is 26.5 Å². The SMILES string of the molecule is [C-]#[N+]c1cc2ccnc(Cl)c2cc1OC(C)C. The molecule has 1 aromatic heterocycles. The van der Waals surface area contributed by atoms with Crippen LogP contribution in [0, 0.1) is 6.57 Å². The van der Waals surface area contributed by atoms with Crippen LogP contribution in [0.3, 0.4) is 0 Å². The lowest BCUT2D eigenvalue weighted by Gasteiger charge is -2.12. The summed E-state index contributed by atoms with van der Waals surface area (Å²) in [5, 5.41) is 2.12. The summed E-state index contributed by atoms with van der Waals surface area (Å²) in [6.07, 6.45) is 1.64. The maximum atomic E-state index is 7.15. The standard InChI is InChI=1S/C13H11ClN2O/c1-8(2)17-12-7-10-9(6-11(12)15-3)4-5-16-13(10)14/h4-8H,1-2H3. The molecule has 0 N–H and O–H groups in total. The summed E-state index contributed by atoms with van der Waals surface area (Å²) in [6.45, 7) is 11.0. The molecule has 0 bridgehead atoms. The minimum absolute atomic E-state index is 0.0170. The van der Waals surface area contributed by atoms with Gasteiger partial charge < -0.3 is 4.74 Å². The highest BCUT2D eigenvalue weighted by molar-refractivity contribution is 6.34. The lowest BCUT2D eigenvalue weighted by Crippen LogP contribution is -2.05. The van der Waals surface area contributed by atoms with E-state index in [9.17, 15) is 0 Å². The molecule has 17 heavy (non-hydrogen) atoms. The van der Waals surface area contributed by atoms with Crippen LogP contribution in [-0.4, -0.2) is 11.1 Å². The first-order valence-electron chi connectivity index (χ1n) is 5.24. The molecule has 0 aliphatic carbocycles. The van der Waals surface area contributed by atoms with E-state index in [2.05, 4.69) is 9.83 Å². The molecular weight excluding hydrogens is 236 g/mol. The predicted octanol–water partition coefficient (Wildman–Crippen LogP) is 4.23. The Hall–Kier alpha value is -1.79. The minimum atomic E-state index is 0.0170. The summed E-state index contributed by atoms with van der Waals surface area (Å²) in [7, 11) is 0. The molecule has 86 valence electrons. The fourth-order valence-electron chi connectivity index (χ4n) is 1.59. The van der Waals surface area contributed by atoms with Crippen LogP contribution in [0.5, 0.6) is 5.75 Å². The molecule has 1 aromatic carbocycles. The van der Waals surface area contributed by atoms with E-state index < -0.39 is 0 Å². The Labute approximate surface area is 105 Å². The first-order valence-corrected chi connectivity index (χ1v) is 5.62. The maximum absolute atomic E-state index is 7.15. The highest BCUT2D eigenvalue weighted by Crippen LogP contribution is 2.35. The third kappa shape index (κ3) is 2.32. The number of nitrogens with zero attached hydrogens (tertiary/aromatic N) is 2. The van der Waals surface area contributed by atoms with Crippen molar-refractivity contribution in [3.63, 3.8) is 0 Å². The second-order valence-electron chi connectivity index (χ2n) is 3.92. The van der Waals surface area contributed by atoms with E-state index in [0.717, 1.165) is 10.8 Å². The van der Waals surface area contributed by atoms with Crippen molar-refractivity contribution >= 4 is 28.1 Å². The van der Waals surface area contributed by atoms with Crippen molar-refractivity contribution < 1.29 is 4.74 Å². The average molecular weight is 247 g/mol. The summed E-state index contributed by atoms with van der Waals surface area (Å²) in [5.74, 6) is 0.553. The quantitative estimate of drug-likeness (QED) is 0.586. The van der Waals surface area contributed by atoms with E-state index in [1.165, 1.54) is 0 Å².